The monoisotopic (exact) mass is 205 g/mol. The number of hydrogen-bond donors (Lipinski definition) is 2. The minimum Gasteiger partial charge on any atom is -0.478 e. The fourth-order valence-corrected chi connectivity index (χ4v) is 1.46. The van der Waals surface area contributed by atoms with Crippen molar-refractivity contribution in [3.05, 3.63) is 29.3 Å². The lowest BCUT2D eigenvalue weighted by atomic mass is 10.1. The lowest BCUT2D eigenvalue weighted by molar-refractivity contribution is -0.129. The highest BCUT2D eigenvalue weighted by atomic mass is 16.4. The van der Waals surface area contributed by atoms with Crippen LogP contribution in [0, 0.1) is 0 Å². The van der Waals surface area contributed by atoms with E-state index >= 15 is 0 Å². The van der Waals surface area contributed by atoms with Crippen molar-refractivity contribution in [2.75, 3.05) is 0 Å². The normalized spacial score (nSPS) is 13.2. The van der Waals surface area contributed by atoms with Crippen LogP contribution in [0.25, 0.3) is 0 Å². The van der Waals surface area contributed by atoms with Crippen LogP contribution in [-0.2, 0) is 11.2 Å². The first-order valence-electron chi connectivity index (χ1n) is 4.25. The first-order chi connectivity index (χ1) is 7.08. The van der Waals surface area contributed by atoms with Gasteiger partial charge in [0.1, 0.15) is 5.71 Å². The lowest BCUT2D eigenvalue weighted by Gasteiger charge is -1.98. The summed E-state index contributed by atoms with van der Waals surface area (Å²) in [6.07, 6.45) is 0.186. The highest BCUT2D eigenvalue weighted by Crippen LogP contribution is 2.27. The van der Waals surface area contributed by atoms with Crippen molar-refractivity contribution in [3.8, 4) is 0 Å². The second-order valence-corrected chi connectivity index (χ2v) is 3.19. The molecule has 0 radical (unpaired) electrons. The topological polar surface area (TPSA) is 87.0 Å². The molecule has 1 aromatic carbocycles. The van der Waals surface area contributed by atoms with Gasteiger partial charge in [-0.25, -0.2) is 14.6 Å². The van der Waals surface area contributed by atoms with E-state index in [1.165, 1.54) is 18.2 Å². The van der Waals surface area contributed by atoms with Gasteiger partial charge in [-0.15, -0.1) is 0 Å². The third-order valence-electron chi connectivity index (χ3n) is 2.19. The number of nitrogens with zero attached hydrogens (tertiary/aromatic N) is 1. The summed E-state index contributed by atoms with van der Waals surface area (Å²) in [5.74, 6) is -2.09. The molecule has 1 aliphatic rings. The number of carboxylic acids is 2. The van der Waals surface area contributed by atoms with Crippen LogP contribution < -0.4 is 0 Å². The molecule has 5 nitrogen and oxygen atoms in total. The molecule has 0 fully saturated rings. The van der Waals surface area contributed by atoms with Gasteiger partial charge in [0, 0.05) is 6.42 Å². The molecule has 2 rings (SSSR count). The van der Waals surface area contributed by atoms with Crippen LogP contribution in [0.2, 0.25) is 0 Å². The van der Waals surface area contributed by atoms with Crippen molar-refractivity contribution < 1.29 is 19.8 Å². The number of aliphatic carboxylic acids is 1. The molecule has 1 aromatic rings. The van der Waals surface area contributed by atoms with Crippen molar-refractivity contribution >= 4 is 23.3 Å². The summed E-state index contributed by atoms with van der Waals surface area (Å²) in [7, 11) is 0. The largest absolute Gasteiger partial charge is 0.478 e. The van der Waals surface area contributed by atoms with Crippen LogP contribution in [0.15, 0.2) is 23.2 Å². The Labute approximate surface area is 84.7 Å². The van der Waals surface area contributed by atoms with Gasteiger partial charge in [-0.05, 0) is 23.8 Å². The van der Waals surface area contributed by atoms with Gasteiger partial charge in [0.15, 0.2) is 0 Å². The number of fused-ring (bicyclic) bond motifs is 1. The van der Waals surface area contributed by atoms with E-state index in [1.54, 1.807) is 0 Å². The number of carbonyl (C=O) groups is 2. The average molecular weight is 205 g/mol. The summed E-state index contributed by atoms with van der Waals surface area (Å²) in [6, 6.07) is 4.39. The number of aliphatic imine (C=N–C) groups is 1. The van der Waals surface area contributed by atoms with Crippen LogP contribution in [-0.4, -0.2) is 27.9 Å². The average Bonchev–Trinajstić information content (AvgIpc) is 2.59. The molecule has 0 saturated heterocycles. The van der Waals surface area contributed by atoms with Crippen LogP contribution in [0.5, 0.6) is 0 Å². The molecule has 0 atom stereocenters. The van der Waals surface area contributed by atoms with Gasteiger partial charge < -0.3 is 10.2 Å². The summed E-state index contributed by atoms with van der Waals surface area (Å²) in [6.45, 7) is 0. The Kier molecular flexibility index (Phi) is 2.00. The van der Waals surface area contributed by atoms with Gasteiger partial charge in [-0.1, -0.05) is 0 Å². The lowest BCUT2D eigenvalue weighted by Crippen LogP contribution is -2.12. The SMILES string of the molecule is O=C(O)C1=Nc2ccc(C(=O)O)cc2C1. The molecule has 0 aromatic heterocycles. The first-order valence-corrected chi connectivity index (χ1v) is 4.25. The highest BCUT2D eigenvalue weighted by molar-refractivity contribution is 6.37. The quantitative estimate of drug-likeness (QED) is 0.756. The van der Waals surface area contributed by atoms with E-state index in [-0.39, 0.29) is 17.7 Å². The molecule has 0 amide bonds. The maximum absolute atomic E-state index is 10.7. The smallest absolute Gasteiger partial charge is 0.350 e. The van der Waals surface area contributed by atoms with Crippen LogP contribution in [0.1, 0.15) is 15.9 Å². The Hall–Kier alpha value is -2.17. The Morgan fingerprint density at radius 3 is 2.53 bits per heavy atom. The summed E-state index contributed by atoms with van der Waals surface area (Å²) >= 11 is 0. The maximum atomic E-state index is 10.7. The molecular weight excluding hydrogens is 198 g/mol. The fraction of sp³-hybridized carbons (Fsp3) is 0.100. The zero-order valence-corrected chi connectivity index (χ0v) is 7.60. The van der Waals surface area contributed by atoms with E-state index in [0.29, 0.717) is 11.3 Å². The second kappa shape index (κ2) is 3.20. The maximum Gasteiger partial charge on any atom is 0.350 e. The Balaban J connectivity index is 2.38. The molecule has 0 saturated carbocycles. The Morgan fingerprint density at radius 2 is 1.93 bits per heavy atom. The zero-order valence-electron chi connectivity index (χ0n) is 7.60. The molecule has 1 heterocycles. The molecule has 15 heavy (non-hydrogen) atoms. The van der Waals surface area contributed by atoms with E-state index in [9.17, 15) is 9.59 Å². The predicted octanol–water partition coefficient (Wildman–Crippen LogP) is 1.10. The van der Waals surface area contributed by atoms with Gasteiger partial charge in [0.25, 0.3) is 0 Å². The Morgan fingerprint density at radius 1 is 1.20 bits per heavy atom. The van der Waals surface area contributed by atoms with Gasteiger partial charge in [-0.2, -0.15) is 0 Å². The highest BCUT2D eigenvalue weighted by Gasteiger charge is 2.20. The molecule has 76 valence electrons. The van der Waals surface area contributed by atoms with Crippen LogP contribution in [0.3, 0.4) is 0 Å². The number of aromatic carboxylic acids is 1. The number of rotatable bonds is 2. The van der Waals surface area contributed by atoms with Crippen molar-refractivity contribution in [2.24, 2.45) is 4.99 Å². The zero-order chi connectivity index (χ0) is 11.0. The Bertz CT molecular complexity index is 490. The minimum absolute atomic E-state index is 0.0486. The fourth-order valence-electron chi connectivity index (χ4n) is 1.46. The van der Waals surface area contributed by atoms with Crippen molar-refractivity contribution in [1.82, 2.24) is 0 Å². The first kappa shape index (κ1) is 9.39. The van der Waals surface area contributed by atoms with Crippen molar-refractivity contribution in [2.45, 2.75) is 6.42 Å². The molecule has 0 aliphatic carbocycles. The second-order valence-electron chi connectivity index (χ2n) is 3.19. The van der Waals surface area contributed by atoms with E-state index < -0.39 is 11.9 Å². The van der Waals surface area contributed by atoms with E-state index in [0.717, 1.165) is 0 Å². The third kappa shape index (κ3) is 1.59. The number of benzene rings is 1. The molecule has 5 heteroatoms. The van der Waals surface area contributed by atoms with Gasteiger partial charge in [0.2, 0.25) is 0 Å². The van der Waals surface area contributed by atoms with Gasteiger partial charge in [-0.3, -0.25) is 0 Å². The van der Waals surface area contributed by atoms with Crippen molar-refractivity contribution in [3.63, 3.8) is 0 Å². The van der Waals surface area contributed by atoms with Crippen LogP contribution in [0.4, 0.5) is 5.69 Å². The minimum atomic E-state index is -1.07. The predicted molar refractivity (Wildman–Crippen MR) is 51.8 cm³/mol. The van der Waals surface area contributed by atoms with Crippen molar-refractivity contribution in [1.29, 1.82) is 0 Å². The van der Waals surface area contributed by atoms with Gasteiger partial charge in [0.05, 0.1) is 11.3 Å². The van der Waals surface area contributed by atoms with E-state index in [2.05, 4.69) is 4.99 Å². The summed E-state index contributed by atoms with van der Waals surface area (Å²) < 4.78 is 0. The molecular formula is C10H7NO4. The van der Waals surface area contributed by atoms with Gasteiger partial charge >= 0.3 is 11.9 Å². The number of hydrogen-bond acceptors (Lipinski definition) is 3. The summed E-state index contributed by atoms with van der Waals surface area (Å²) in [4.78, 5) is 25.2. The summed E-state index contributed by atoms with van der Waals surface area (Å²) in [5.41, 5.74) is 1.38. The molecule has 2 N–H and O–H groups in total. The van der Waals surface area contributed by atoms with E-state index in [1.807, 2.05) is 0 Å². The third-order valence-corrected chi connectivity index (χ3v) is 2.19. The molecule has 0 spiro atoms. The number of carboxylic acid groups (broad SMARTS) is 2. The van der Waals surface area contributed by atoms with E-state index in [4.69, 9.17) is 10.2 Å². The molecule has 0 unspecified atom stereocenters. The molecule has 1 aliphatic heterocycles. The molecule has 0 bridgehead atoms. The standard InChI is InChI=1S/C10H7NO4/c12-9(13)5-1-2-7-6(3-5)4-8(11-7)10(14)15/h1-3H,4H2,(H,12,13)(H,14,15). The summed E-state index contributed by atoms with van der Waals surface area (Å²) in [5, 5.41) is 17.5. The van der Waals surface area contributed by atoms with Crippen LogP contribution >= 0.6 is 0 Å².